The van der Waals surface area contributed by atoms with Gasteiger partial charge in [-0.05, 0) is 24.7 Å². The van der Waals surface area contributed by atoms with E-state index >= 15 is 0 Å². The number of hydrogen-bond donors (Lipinski definition) is 2. The lowest BCUT2D eigenvalue weighted by Crippen LogP contribution is -2.33. The van der Waals surface area contributed by atoms with Gasteiger partial charge < -0.3 is 25.0 Å². The molecule has 8 heteroatoms. The van der Waals surface area contributed by atoms with E-state index in [1.54, 1.807) is 7.05 Å². The summed E-state index contributed by atoms with van der Waals surface area (Å²) in [5.41, 5.74) is 1.90. The van der Waals surface area contributed by atoms with E-state index in [9.17, 15) is 9.59 Å². The van der Waals surface area contributed by atoms with E-state index < -0.39 is 0 Å². The van der Waals surface area contributed by atoms with Crippen LogP contribution in [-0.4, -0.2) is 57.4 Å². The first-order chi connectivity index (χ1) is 10.6. The van der Waals surface area contributed by atoms with Gasteiger partial charge >= 0.3 is 13.5 Å². The van der Waals surface area contributed by atoms with E-state index in [-0.39, 0.29) is 18.4 Å². The molecule has 0 aliphatic carbocycles. The number of amides is 1. The Labute approximate surface area is 134 Å². The summed E-state index contributed by atoms with van der Waals surface area (Å²) in [7, 11) is 6.26. The smallest absolute Gasteiger partial charge is 0.409 e. The largest absolute Gasteiger partial charge is 0.445 e. The number of carbonyl (C=O) groups is 2. The molecule has 1 aromatic rings. The standard InChI is InChI=1S/C14H23BN3O3P/c1-16-7-8-18(2)14(20)21-9-11-3-5-12(6-4-11)17-15-13(19)10-22/h3-6,15-17H,7-10,22H2,1-2H3. The van der Waals surface area contributed by atoms with E-state index in [0.717, 1.165) is 17.8 Å². The third-order valence-electron chi connectivity index (χ3n) is 3.04. The van der Waals surface area contributed by atoms with Gasteiger partial charge in [-0.2, -0.15) is 0 Å². The molecule has 1 amide bonds. The van der Waals surface area contributed by atoms with Crippen LogP contribution in [0.2, 0.25) is 0 Å². The van der Waals surface area contributed by atoms with Crippen LogP contribution in [-0.2, 0) is 16.1 Å². The minimum atomic E-state index is -0.344. The molecule has 0 radical (unpaired) electrons. The maximum absolute atomic E-state index is 11.7. The maximum Gasteiger partial charge on any atom is 0.409 e. The molecule has 1 rings (SSSR count). The van der Waals surface area contributed by atoms with Crippen LogP contribution in [0, 0.1) is 0 Å². The van der Waals surface area contributed by atoms with Crippen molar-refractivity contribution in [1.82, 2.24) is 10.2 Å². The highest BCUT2D eigenvalue weighted by Gasteiger charge is 2.09. The molecule has 0 spiro atoms. The summed E-state index contributed by atoms with van der Waals surface area (Å²) in [4.78, 5) is 24.5. The van der Waals surface area contributed by atoms with Gasteiger partial charge in [-0.3, -0.25) is 0 Å². The van der Waals surface area contributed by atoms with Gasteiger partial charge in [0.2, 0.25) is 0 Å². The van der Waals surface area contributed by atoms with E-state index in [1.165, 1.54) is 4.90 Å². The fraction of sp³-hybridized carbons (Fsp3) is 0.429. The molecule has 2 N–H and O–H groups in total. The van der Waals surface area contributed by atoms with E-state index in [2.05, 4.69) is 19.8 Å². The quantitative estimate of drug-likeness (QED) is 0.516. The number of likely N-dealkylation sites (N-methyl/N-ethyl adjacent to an activating group) is 2. The molecular formula is C14H23BN3O3P. The van der Waals surface area contributed by atoms with Crippen molar-refractivity contribution >= 4 is 34.1 Å². The molecular weight excluding hydrogens is 300 g/mol. The second kappa shape index (κ2) is 10.2. The van der Waals surface area contributed by atoms with E-state index in [1.807, 2.05) is 31.3 Å². The summed E-state index contributed by atoms with van der Waals surface area (Å²) in [5.74, 6) is 0. The monoisotopic (exact) mass is 323 g/mol. The number of ether oxygens (including phenoxy) is 1. The van der Waals surface area contributed by atoms with Gasteiger partial charge in [-0.1, -0.05) is 12.1 Å². The van der Waals surface area contributed by atoms with Crippen LogP contribution in [0.15, 0.2) is 24.3 Å². The highest BCUT2D eigenvalue weighted by Crippen LogP contribution is 2.10. The molecule has 0 saturated heterocycles. The number of carbonyl (C=O) groups excluding carboxylic acids is 2. The van der Waals surface area contributed by atoms with Gasteiger partial charge in [0, 0.05) is 32.0 Å². The van der Waals surface area contributed by atoms with Crippen molar-refractivity contribution in [1.29, 1.82) is 0 Å². The summed E-state index contributed by atoms with van der Waals surface area (Å²) in [5, 5.41) is 6.02. The third kappa shape index (κ3) is 6.92. The van der Waals surface area contributed by atoms with Crippen LogP contribution in [0.3, 0.4) is 0 Å². The Morgan fingerprint density at radius 1 is 1.32 bits per heavy atom. The topological polar surface area (TPSA) is 70.7 Å². The van der Waals surface area contributed by atoms with Crippen molar-refractivity contribution in [3.05, 3.63) is 29.8 Å². The highest BCUT2D eigenvalue weighted by atomic mass is 31.0. The molecule has 0 aliphatic rings. The molecule has 22 heavy (non-hydrogen) atoms. The first-order valence-corrected chi connectivity index (χ1v) is 7.95. The predicted molar refractivity (Wildman–Crippen MR) is 93.5 cm³/mol. The number of rotatable bonds is 9. The molecule has 0 aliphatic heterocycles. The SMILES string of the molecule is CNCCN(C)C(=O)OCc1ccc(NBC(=O)CP)cc1. The van der Waals surface area contributed by atoms with Gasteiger partial charge in [-0.25, -0.2) is 4.79 Å². The zero-order valence-corrected chi connectivity index (χ0v) is 14.2. The fourth-order valence-electron chi connectivity index (χ4n) is 1.62. The summed E-state index contributed by atoms with van der Waals surface area (Å²) in [6, 6.07) is 7.47. The molecule has 0 fully saturated rings. The molecule has 1 aromatic carbocycles. The number of nitrogens with one attached hydrogen (secondary N) is 2. The zero-order valence-electron chi connectivity index (χ0n) is 13.1. The van der Waals surface area contributed by atoms with Crippen LogP contribution >= 0.6 is 9.24 Å². The summed E-state index contributed by atoms with van der Waals surface area (Å²) < 4.78 is 5.22. The van der Waals surface area contributed by atoms with Gasteiger partial charge in [0.1, 0.15) is 12.3 Å². The average Bonchev–Trinajstić information content (AvgIpc) is 2.56. The molecule has 0 heterocycles. The van der Waals surface area contributed by atoms with Crippen LogP contribution < -0.4 is 10.5 Å². The number of benzene rings is 1. The maximum atomic E-state index is 11.7. The van der Waals surface area contributed by atoms with Crippen molar-refractivity contribution in [2.75, 3.05) is 38.6 Å². The Morgan fingerprint density at radius 3 is 2.59 bits per heavy atom. The van der Waals surface area contributed by atoms with Crippen LogP contribution in [0.4, 0.5) is 10.5 Å². The van der Waals surface area contributed by atoms with Gasteiger partial charge in [-0.15, -0.1) is 9.24 Å². The lowest BCUT2D eigenvalue weighted by atomic mass is 9.88. The first kappa shape index (κ1) is 18.5. The van der Waals surface area contributed by atoms with Gasteiger partial charge in [0.25, 0.3) is 0 Å². The minimum absolute atomic E-state index is 0.132. The van der Waals surface area contributed by atoms with Crippen molar-refractivity contribution in [2.45, 2.75) is 6.61 Å². The van der Waals surface area contributed by atoms with E-state index in [0.29, 0.717) is 20.1 Å². The Kier molecular flexibility index (Phi) is 8.55. The molecule has 1 atom stereocenters. The summed E-state index contributed by atoms with van der Waals surface area (Å²) in [6.45, 7) is 1.55. The Balaban J connectivity index is 2.37. The molecule has 6 nitrogen and oxygen atoms in total. The molecule has 1 unspecified atom stereocenters. The summed E-state index contributed by atoms with van der Waals surface area (Å²) in [6.07, 6.45) is 0.103. The van der Waals surface area contributed by atoms with E-state index in [4.69, 9.17) is 4.74 Å². The zero-order chi connectivity index (χ0) is 16.4. The molecule has 0 aromatic heterocycles. The number of nitrogens with zero attached hydrogens (tertiary/aromatic N) is 1. The van der Waals surface area contributed by atoms with Crippen molar-refractivity contribution in [3.63, 3.8) is 0 Å². The molecule has 0 saturated carbocycles. The second-order valence-corrected chi connectivity index (χ2v) is 5.28. The van der Waals surface area contributed by atoms with Gasteiger partial charge in [0.15, 0.2) is 0 Å². The Hall–Kier alpha value is -1.59. The lowest BCUT2D eigenvalue weighted by Gasteiger charge is -2.16. The Bertz CT molecular complexity index is 485. The minimum Gasteiger partial charge on any atom is -0.445 e. The van der Waals surface area contributed by atoms with Crippen molar-refractivity contribution in [3.8, 4) is 0 Å². The van der Waals surface area contributed by atoms with Crippen molar-refractivity contribution < 1.29 is 14.3 Å². The highest BCUT2D eigenvalue weighted by molar-refractivity contribution is 7.19. The average molecular weight is 323 g/mol. The summed E-state index contributed by atoms with van der Waals surface area (Å²) >= 11 is 0. The van der Waals surface area contributed by atoms with Crippen LogP contribution in [0.5, 0.6) is 0 Å². The second-order valence-electron chi connectivity index (χ2n) is 4.87. The number of anilines is 1. The predicted octanol–water partition coefficient (Wildman–Crippen LogP) is 0.639. The van der Waals surface area contributed by atoms with Crippen LogP contribution in [0.25, 0.3) is 0 Å². The van der Waals surface area contributed by atoms with Gasteiger partial charge in [0.05, 0.1) is 0 Å². The van der Waals surface area contributed by atoms with Crippen LogP contribution in [0.1, 0.15) is 5.56 Å². The number of hydrogen-bond acceptors (Lipinski definition) is 5. The molecule has 0 bridgehead atoms. The molecule has 120 valence electrons. The third-order valence-corrected chi connectivity index (χ3v) is 3.50. The lowest BCUT2D eigenvalue weighted by molar-refractivity contribution is -0.109. The fourth-order valence-corrected chi connectivity index (χ4v) is 1.76. The first-order valence-electron chi connectivity index (χ1n) is 7.14. The Morgan fingerprint density at radius 2 is 2.00 bits per heavy atom. The normalized spacial score (nSPS) is 9.95. The van der Waals surface area contributed by atoms with Crippen molar-refractivity contribution in [2.24, 2.45) is 0 Å².